The molecule has 0 aliphatic carbocycles. The third-order valence-electron chi connectivity index (χ3n) is 2.92. The molecule has 2 rings (SSSR count). The van der Waals surface area contributed by atoms with Crippen LogP contribution < -0.4 is 4.74 Å². The van der Waals surface area contributed by atoms with E-state index in [2.05, 4.69) is 0 Å². The van der Waals surface area contributed by atoms with Crippen LogP contribution in [0.5, 0.6) is 5.75 Å². The molecular weight excluding hydrogens is 267 g/mol. The van der Waals surface area contributed by atoms with Crippen molar-refractivity contribution in [3.8, 4) is 5.75 Å². The standard InChI is InChI=1S/C15H14ClFO2/c1-19-12-6-2-4-10(8-12)14(18)9-11-5-3-7-13(17)15(11)16/h2-8,14,18H,9H2,1H3. The normalized spacial score (nSPS) is 12.2. The van der Waals surface area contributed by atoms with Crippen LogP contribution in [0, 0.1) is 5.82 Å². The van der Waals surface area contributed by atoms with Crippen LogP contribution in [-0.4, -0.2) is 12.2 Å². The summed E-state index contributed by atoms with van der Waals surface area (Å²) in [6.07, 6.45) is -0.501. The third-order valence-corrected chi connectivity index (χ3v) is 3.35. The van der Waals surface area contributed by atoms with Crippen molar-refractivity contribution >= 4 is 11.6 Å². The minimum Gasteiger partial charge on any atom is -0.497 e. The van der Waals surface area contributed by atoms with E-state index in [0.717, 1.165) is 0 Å². The highest BCUT2D eigenvalue weighted by Gasteiger charge is 2.13. The zero-order chi connectivity index (χ0) is 13.8. The van der Waals surface area contributed by atoms with E-state index in [1.54, 1.807) is 43.5 Å². The van der Waals surface area contributed by atoms with Crippen molar-refractivity contribution in [2.75, 3.05) is 7.11 Å². The molecule has 0 aliphatic rings. The molecule has 0 saturated carbocycles. The Kier molecular flexibility index (Phi) is 4.40. The Morgan fingerprint density at radius 3 is 2.74 bits per heavy atom. The maximum absolute atomic E-state index is 13.3. The molecule has 0 aromatic heterocycles. The lowest BCUT2D eigenvalue weighted by Crippen LogP contribution is -2.03. The molecule has 0 amide bonds. The molecule has 2 aromatic carbocycles. The number of aliphatic hydroxyl groups excluding tert-OH is 1. The zero-order valence-electron chi connectivity index (χ0n) is 10.4. The number of aliphatic hydroxyl groups is 1. The molecule has 2 nitrogen and oxygen atoms in total. The molecule has 19 heavy (non-hydrogen) atoms. The van der Waals surface area contributed by atoms with E-state index in [1.165, 1.54) is 6.07 Å². The van der Waals surface area contributed by atoms with Crippen LogP contribution in [0.15, 0.2) is 42.5 Å². The first-order chi connectivity index (χ1) is 9.11. The van der Waals surface area contributed by atoms with Crippen molar-refractivity contribution in [3.05, 3.63) is 64.4 Å². The fourth-order valence-corrected chi connectivity index (χ4v) is 2.08. The van der Waals surface area contributed by atoms with Gasteiger partial charge in [-0.1, -0.05) is 35.9 Å². The topological polar surface area (TPSA) is 29.5 Å². The van der Waals surface area contributed by atoms with E-state index in [-0.39, 0.29) is 11.4 Å². The average molecular weight is 281 g/mol. The van der Waals surface area contributed by atoms with Crippen molar-refractivity contribution in [1.29, 1.82) is 0 Å². The lowest BCUT2D eigenvalue weighted by molar-refractivity contribution is 0.178. The van der Waals surface area contributed by atoms with Crippen LogP contribution in [0.4, 0.5) is 4.39 Å². The molecule has 4 heteroatoms. The van der Waals surface area contributed by atoms with Gasteiger partial charge in [-0.25, -0.2) is 4.39 Å². The highest BCUT2D eigenvalue weighted by atomic mass is 35.5. The second kappa shape index (κ2) is 6.04. The van der Waals surface area contributed by atoms with E-state index in [0.29, 0.717) is 16.9 Å². The quantitative estimate of drug-likeness (QED) is 0.924. The zero-order valence-corrected chi connectivity index (χ0v) is 11.2. The lowest BCUT2D eigenvalue weighted by Gasteiger charge is -2.13. The summed E-state index contributed by atoms with van der Waals surface area (Å²) in [6.45, 7) is 0. The number of methoxy groups -OCH3 is 1. The van der Waals surface area contributed by atoms with Gasteiger partial charge in [-0.15, -0.1) is 0 Å². The smallest absolute Gasteiger partial charge is 0.142 e. The van der Waals surface area contributed by atoms with Crippen LogP contribution in [0.2, 0.25) is 5.02 Å². The summed E-state index contributed by atoms with van der Waals surface area (Å²) in [5.74, 6) is 0.193. The summed E-state index contributed by atoms with van der Waals surface area (Å²) in [7, 11) is 1.56. The molecule has 0 aliphatic heterocycles. The van der Waals surface area contributed by atoms with Crippen LogP contribution in [0.1, 0.15) is 17.2 Å². The van der Waals surface area contributed by atoms with Crippen LogP contribution in [-0.2, 0) is 6.42 Å². The van der Waals surface area contributed by atoms with Crippen molar-refractivity contribution < 1.29 is 14.2 Å². The summed E-state index contributed by atoms with van der Waals surface area (Å²) in [4.78, 5) is 0. The van der Waals surface area contributed by atoms with Gasteiger partial charge in [0.2, 0.25) is 0 Å². The van der Waals surface area contributed by atoms with Gasteiger partial charge >= 0.3 is 0 Å². The fraction of sp³-hybridized carbons (Fsp3) is 0.200. The Bertz CT molecular complexity index is 572. The Morgan fingerprint density at radius 2 is 2.00 bits per heavy atom. The van der Waals surface area contributed by atoms with Gasteiger partial charge in [0.1, 0.15) is 11.6 Å². The number of halogens is 2. The van der Waals surface area contributed by atoms with Gasteiger partial charge in [-0.3, -0.25) is 0 Å². The van der Waals surface area contributed by atoms with E-state index in [1.807, 2.05) is 0 Å². The predicted molar refractivity (Wildman–Crippen MR) is 73.1 cm³/mol. The first-order valence-corrected chi connectivity index (χ1v) is 6.24. The molecular formula is C15H14ClFO2. The van der Waals surface area contributed by atoms with E-state index < -0.39 is 11.9 Å². The monoisotopic (exact) mass is 280 g/mol. The van der Waals surface area contributed by atoms with Crippen molar-refractivity contribution in [2.45, 2.75) is 12.5 Å². The van der Waals surface area contributed by atoms with Gasteiger partial charge < -0.3 is 9.84 Å². The second-order valence-corrected chi connectivity index (χ2v) is 4.59. The molecule has 0 heterocycles. The van der Waals surface area contributed by atoms with Crippen molar-refractivity contribution in [2.24, 2.45) is 0 Å². The maximum atomic E-state index is 13.3. The minimum absolute atomic E-state index is 0.0597. The summed E-state index contributed by atoms with van der Waals surface area (Å²) >= 11 is 5.87. The van der Waals surface area contributed by atoms with E-state index >= 15 is 0 Å². The van der Waals surface area contributed by atoms with E-state index in [4.69, 9.17) is 16.3 Å². The van der Waals surface area contributed by atoms with Gasteiger partial charge in [0.25, 0.3) is 0 Å². The maximum Gasteiger partial charge on any atom is 0.142 e. The summed E-state index contributed by atoms with van der Waals surface area (Å²) < 4.78 is 18.4. The second-order valence-electron chi connectivity index (χ2n) is 4.21. The van der Waals surface area contributed by atoms with Gasteiger partial charge in [0.15, 0.2) is 0 Å². The van der Waals surface area contributed by atoms with Crippen LogP contribution >= 0.6 is 11.6 Å². The average Bonchev–Trinajstić information content (AvgIpc) is 2.44. The van der Waals surface area contributed by atoms with Crippen molar-refractivity contribution in [3.63, 3.8) is 0 Å². The van der Waals surface area contributed by atoms with Crippen molar-refractivity contribution in [1.82, 2.24) is 0 Å². The highest BCUT2D eigenvalue weighted by molar-refractivity contribution is 6.31. The molecule has 2 aromatic rings. The van der Waals surface area contributed by atoms with Crippen LogP contribution in [0.3, 0.4) is 0 Å². The molecule has 0 spiro atoms. The highest BCUT2D eigenvalue weighted by Crippen LogP contribution is 2.27. The molecule has 100 valence electrons. The molecule has 1 N–H and O–H groups in total. The largest absolute Gasteiger partial charge is 0.497 e. The molecule has 1 atom stereocenters. The third kappa shape index (κ3) is 3.25. The first-order valence-electron chi connectivity index (χ1n) is 5.86. The predicted octanol–water partition coefficient (Wildman–Crippen LogP) is 3.76. The number of benzene rings is 2. The molecule has 0 fully saturated rings. The SMILES string of the molecule is COc1cccc(C(O)Cc2cccc(F)c2Cl)c1. The number of ether oxygens (including phenoxy) is 1. The van der Waals surface area contributed by atoms with E-state index in [9.17, 15) is 9.50 Å². The number of rotatable bonds is 4. The summed E-state index contributed by atoms with van der Waals surface area (Å²) in [6, 6.07) is 11.7. The lowest BCUT2D eigenvalue weighted by atomic mass is 10.0. The molecule has 0 bridgehead atoms. The summed E-state index contributed by atoms with van der Waals surface area (Å²) in [5.41, 5.74) is 1.29. The number of hydrogen-bond acceptors (Lipinski definition) is 2. The molecule has 1 unspecified atom stereocenters. The molecule has 0 saturated heterocycles. The molecule has 0 radical (unpaired) electrons. The Balaban J connectivity index is 2.20. The number of hydrogen-bond donors (Lipinski definition) is 1. The van der Waals surface area contributed by atoms with Gasteiger partial charge in [-0.2, -0.15) is 0 Å². The van der Waals surface area contributed by atoms with Gasteiger partial charge in [0.05, 0.1) is 18.2 Å². The van der Waals surface area contributed by atoms with Crippen LogP contribution in [0.25, 0.3) is 0 Å². The Hall–Kier alpha value is -1.58. The minimum atomic E-state index is -0.755. The Morgan fingerprint density at radius 1 is 1.26 bits per heavy atom. The Labute approximate surface area is 116 Å². The van der Waals surface area contributed by atoms with Gasteiger partial charge in [0, 0.05) is 6.42 Å². The van der Waals surface area contributed by atoms with Gasteiger partial charge in [-0.05, 0) is 29.3 Å². The fourth-order valence-electron chi connectivity index (χ4n) is 1.88. The first kappa shape index (κ1) is 13.8. The summed E-state index contributed by atoms with van der Waals surface area (Å²) in [5, 5.41) is 10.2.